The summed E-state index contributed by atoms with van der Waals surface area (Å²) in [4.78, 5) is 14.4. The van der Waals surface area contributed by atoms with Gasteiger partial charge < -0.3 is 9.72 Å². The SMILES string of the molecule is O=c1cc[nH]c(-c2ccc(OCc3ccccc3)cc2)c1. The van der Waals surface area contributed by atoms with Gasteiger partial charge in [-0.15, -0.1) is 0 Å². The van der Waals surface area contributed by atoms with Crippen LogP contribution in [0.1, 0.15) is 5.56 Å². The summed E-state index contributed by atoms with van der Waals surface area (Å²) in [5, 5.41) is 0. The summed E-state index contributed by atoms with van der Waals surface area (Å²) in [7, 11) is 0. The van der Waals surface area contributed by atoms with E-state index in [1.807, 2.05) is 54.6 Å². The van der Waals surface area contributed by atoms with E-state index in [-0.39, 0.29) is 5.43 Å². The van der Waals surface area contributed by atoms with E-state index in [1.54, 1.807) is 12.3 Å². The number of hydrogen-bond acceptors (Lipinski definition) is 2. The van der Waals surface area contributed by atoms with E-state index in [0.717, 1.165) is 22.6 Å². The minimum atomic E-state index is -0.00634. The molecule has 3 nitrogen and oxygen atoms in total. The van der Waals surface area contributed by atoms with E-state index in [0.29, 0.717) is 6.61 Å². The Morgan fingerprint density at radius 3 is 2.38 bits per heavy atom. The third-order valence-corrected chi connectivity index (χ3v) is 3.19. The lowest BCUT2D eigenvalue weighted by Crippen LogP contribution is -1.98. The smallest absolute Gasteiger partial charge is 0.182 e. The van der Waals surface area contributed by atoms with Gasteiger partial charge in [-0.3, -0.25) is 4.79 Å². The molecule has 0 amide bonds. The Morgan fingerprint density at radius 2 is 1.67 bits per heavy atom. The number of rotatable bonds is 4. The van der Waals surface area contributed by atoms with Gasteiger partial charge in [-0.1, -0.05) is 30.3 Å². The summed E-state index contributed by atoms with van der Waals surface area (Å²) in [6, 6.07) is 20.8. The average molecular weight is 277 g/mol. The van der Waals surface area contributed by atoms with Crippen molar-refractivity contribution in [3.63, 3.8) is 0 Å². The van der Waals surface area contributed by atoms with E-state index in [2.05, 4.69) is 4.98 Å². The minimum absolute atomic E-state index is 0.00634. The fourth-order valence-electron chi connectivity index (χ4n) is 2.08. The third kappa shape index (κ3) is 3.39. The monoisotopic (exact) mass is 277 g/mol. The molecule has 3 heteroatoms. The largest absolute Gasteiger partial charge is 0.489 e. The average Bonchev–Trinajstić information content (AvgIpc) is 2.54. The van der Waals surface area contributed by atoms with Crippen LogP contribution in [0.4, 0.5) is 0 Å². The van der Waals surface area contributed by atoms with Crippen molar-refractivity contribution in [2.45, 2.75) is 6.61 Å². The first kappa shape index (κ1) is 13.2. The normalized spacial score (nSPS) is 10.3. The van der Waals surface area contributed by atoms with Crippen LogP contribution in [0.5, 0.6) is 5.75 Å². The van der Waals surface area contributed by atoms with Gasteiger partial charge in [0.2, 0.25) is 0 Å². The highest BCUT2D eigenvalue weighted by atomic mass is 16.5. The van der Waals surface area contributed by atoms with E-state index in [4.69, 9.17) is 4.74 Å². The molecule has 1 N–H and O–H groups in total. The van der Waals surface area contributed by atoms with Gasteiger partial charge in [0, 0.05) is 24.0 Å². The summed E-state index contributed by atoms with van der Waals surface area (Å²) in [6.45, 7) is 0.544. The molecule has 21 heavy (non-hydrogen) atoms. The number of nitrogens with one attached hydrogen (secondary N) is 1. The predicted molar refractivity (Wildman–Crippen MR) is 83.3 cm³/mol. The number of pyridine rings is 1. The maximum atomic E-state index is 11.3. The predicted octanol–water partition coefficient (Wildman–Crippen LogP) is 3.62. The Bertz CT molecular complexity index is 761. The van der Waals surface area contributed by atoms with Crippen molar-refractivity contribution in [3.05, 3.63) is 88.7 Å². The Hall–Kier alpha value is -2.81. The Morgan fingerprint density at radius 1 is 0.905 bits per heavy atom. The highest BCUT2D eigenvalue weighted by Gasteiger charge is 2.00. The summed E-state index contributed by atoms with van der Waals surface area (Å²) >= 11 is 0. The van der Waals surface area contributed by atoms with Gasteiger partial charge in [-0.25, -0.2) is 0 Å². The summed E-state index contributed by atoms with van der Waals surface area (Å²) in [5.41, 5.74) is 2.89. The van der Waals surface area contributed by atoms with Gasteiger partial charge in [0.25, 0.3) is 0 Å². The summed E-state index contributed by atoms with van der Waals surface area (Å²) in [5.74, 6) is 0.806. The summed E-state index contributed by atoms with van der Waals surface area (Å²) in [6.07, 6.45) is 1.65. The second kappa shape index (κ2) is 6.09. The first-order valence-corrected chi connectivity index (χ1v) is 6.77. The fourth-order valence-corrected chi connectivity index (χ4v) is 2.08. The van der Waals surface area contributed by atoms with Crippen LogP contribution in [0.25, 0.3) is 11.3 Å². The number of hydrogen-bond donors (Lipinski definition) is 1. The molecule has 0 spiro atoms. The number of aromatic amines is 1. The van der Waals surface area contributed by atoms with Gasteiger partial charge in [-0.05, 0) is 35.4 Å². The Kier molecular flexibility index (Phi) is 3.83. The second-order valence-corrected chi connectivity index (χ2v) is 4.74. The quantitative estimate of drug-likeness (QED) is 0.791. The molecule has 0 saturated carbocycles. The highest BCUT2D eigenvalue weighted by Crippen LogP contribution is 2.20. The van der Waals surface area contributed by atoms with Crippen molar-refractivity contribution in [1.29, 1.82) is 0 Å². The fraction of sp³-hybridized carbons (Fsp3) is 0.0556. The number of benzene rings is 2. The lowest BCUT2D eigenvalue weighted by Gasteiger charge is -2.07. The molecule has 0 radical (unpaired) electrons. The van der Waals surface area contributed by atoms with Gasteiger partial charge >= 0.3 is 0 Å². The molecule has 0 aliphatic rings. The van der Waals surface area contributed by atoms with Crippen molar-refractivity contribution in [2.75, 3.05) is 0 Å². The van der Waals surface area contributed by atoms with Crippen molar-refractivity contribution >= 4 is 0 Å². The van der Waals surface area contributed by atoms with Crippen LogP contribution in [-0.4, -0.2) is 4.98 Å². The molecule has 104 valence electrons. The molecule has 1 heterocycles. The van der Waals surface area contributed by atoms with Crippen LogP contribution in [-0.2, 0) is 6.61 Å². The van der Waals surface area contributed by atoms with E-state index in [1.165, 1.54) is 6.07 Å². The van der Waals surface area contributed by atoms with Crippen LogP contribution in [0.3, 0.4) is 0 Å². The van der Waals surface area contributed by atoms with Crippen LogP contribution < -0.4 is 10.2 Å². The Labute approximate surface area is 122 Å². The molecule has 0 aliphatic heterocycles. The standard InChI is InChI=1S/C18H15NO2/c20-16-10-11-19-18(12-16)15-6-8-17(9-7-15)21-13-14-4-2-1-3-5-14/h1-12H,13H2,(H,19,20). The molecule has 2 aromatic carbocycles. The Balaban J connectivity index is 1.71. The lowest BCUT2D eigenvalue weighted by atomic mass is 10.1. The van der Waals surface area contributed by atoms with Crippen molar-refractivity contribution in [2.24, 2.45) is 0 Å². The van der Waals surface area contributed by atoms with Gasteiger partial charge in [0.05, 0.1) is 0 Å². The molecule has 0 fully saturated rings. The molecule has 3 rings (SSSR count). The van der Waals surface area contributed by atoms with E-state index in [9.17, 15) is 4.79 Å². The maximum absolute atomic E-state index is 11.3. The van der Waals surface area contributed by atoms with Crippen molar-refractivity contribution < 1.29 is 4.74 Å². The number of H-pyrrole nitrogens is 1. The molecule has 0 unspecified atom stereocenters. The molecule has 0 bridgehead atoms. The van der Waals surface area contributed by atoms with Gasteiger partial charge in [-0.2, -0.15) is 0 Å². The summed E-state index contributed by atoms with van der Waals surface area (Å²) < 4.78 is 5.73. The zero-order valence-corrected chi connectivity index (χ0v) is 11.5. The topological polar surface area (TPSA) is 42.1 Å². The van der Waals surface area contributed by atoms with E-state index < -0.39 is 0 Å². The van der Waals surface area contributed by atoms with Crippen LogP contribution in [0.15, 0.2) is 77.7 Å². The minimum Gasteiger partial charge on any atom is -0.489 e. The molecule has 0 aliphatic carbocycles. The molecule has 1 aromatic heterocycles. The van der Waals surface area contributed by atoms with Crippen molar-refractivity contribution in [3.8, 4) is 17.0 Å². The molecular weight excluding hydrogens is 262 g/mol. The molecule has 0 atom stereocenters. The lowest BCUT2D eigenvalue weighted by molar-refractivity contribution is 0.306. The van der Waals surface area contributed by atoms with Gasteiger partial charge in [0.15, 0.2) is 5.43 Å². The molecule has 3 aromatic rings. The molecule has 0 saturated heterocycles. The van der Waals surface area contributed by atoms with E-state index >= 15 is 0 Å². The zero-order valence-electron chi connectivity index (χ0n) is 11.5. The van der Waals surface area contributed by atoms with Gasteiger partial charge in [0.1, 0.15) is 12.4 Å². The third-order valence-electron chi connectivity index (χ3n) is 3.19. The van der Waals surface area contributed by atoms with Crippen LogP contribution in [0.2, 0.25) is 0 Å². The highest BCUT2D eigenvalue weighted by molar-refractivity contribution is 5.59. The first-order valence-electron chi connectivity index (χ1n) is 6.77. The number of aromatic nitrogens is 1. The van der Waals surface area contributed by atoms with Crippen molar-refractivity contribution in [1.82, 2.24) is 4.98 Å². The maximum Gasteiger partial charge on any atom is 0.182 e. The van der Waals surface area contributed by atoms with Crippen LogP contribution >= 0.6 is 0 Å². The second-order valence-electron chi connectivity index (χ2n) is 4.74. The number of ether oxygens (including phenoxy) is 1. The van der Waals surface area contributed by atoms with Crippen LogP contribution in [0, 0.1) is 0 Å². The first-order chi connectivity index (χ1) is 10.3. The zero-order chi connectivity index (χ0) is 14.5. The molecular formula is C18H15NO2.